The lowest BCUT2D eigenvalue weighted by Gasteiger charge is -1.97. The molecular weight excluding hydrogens is 182 g/mol. The molecule has 3 nitrogen and oxygen atoms in total. The van der Waals surface area contributed by atoms with Crippen LogP contribution in [0.5, 0.6) is 0 Å². The maximum atomic E-state index is 4.40. The number of nitrogens with zero attached hydrogens (tertiary/aromatic N) is 2. The summed E-state index contributed by atoms with van der Waals surface area (Å²) in [7, 11) is 0. The Morgan fingerprint density at radius 2 is 2.38 bits per heavy atom. The summed E-state index contributed by atoms with van der Waals surface area (Å²) < 4.78 is 4.27. The van der Waals surface area contributed by atoms with Crippen LogP contribution < -0.4 is 5.32 Å². The third-order valence-electron chi connectivity index (χ3n) is 2.18. The fourth-order valence-corrected chi connectivity index (χ4v) is 1.82. The van der Waals surface area contributed by atoms with Gasteiger partial charge in [-0.25, -0.2) is 4.98 Å². The predicted molar refractivity (Wildman–Crippen MR) is 55.1 cm³/mol. The standard InChI is InChI=1S/C9H15N3S/c1-2-3-8-11-9(13-12-8)10-6-7-4-5-7/h7H,2-6H2,1H3,(H,10,11,12). The van der Waals surface area contributed by atoms with E-state index in [0.717, 1.165) is 36.3 Å². The van der Waals surface area contributed by atoms with Gasteiger partial charge in [-0.15, -0.1) is 0 Å². The van der Waals surface area contributed by atoms with Crippen LogP contribution in [0.2, 0.25) is 0 Å². The van der Waals surface area contributed by atoms with E-state index in [9.17, 15) is 0 Å². The summed E-state index contributed by atoms with van der Waals surface area (Å²) in [5.74, 6) is 1.89. The number of aromatic nitrogens is 2. The van der Waals surface area contributed by atoms with Crippen LogP contribution in [0.15, 0.2) is 0 Å². The molecule has 0 aromatic carbocycles. The molecule has 1 aromatic rings. The number of hydrogen-bond acceptors (Lipinski definition) is 4. The summed E-state index contributed by atoms with van der Waals surface area (Å²) >= 11 is 1.49. The van der Waals surface area contributed by atoms with Crippen molar-refractivity contribution in [1.82, 2.24) is 9.36 Å². The molecule has 1 saturated carbocycles. The van der Waals surface area contributed by atoms with E-state index in [0.29, 0.717) is 0 Å². The highest BCUT2D eigenvalue weighted by molar-refractivity contribution is 7.09. The first-order valence-electron chi connectivity index (χ1n) is 4.95. The minimum absolute atomic E-state index is 0.901. The van der Waals surface area contributed by atoms with Gasteiger partial charge in [0, 0.05) is 24.5 Å². The third-order valence-corrected chi connectivity index (χ3v) is 2.89. The van der Waals surface area contributed by atoms with Crippen LogP contribution in [-0.4, -0.2) is 15.9 Å². The summed E-state index contributed by atoms with van der Waals surface area (Å²) in [6.07, 6.45) is 4.89. The molecular formula is C9H15N3S. The van der Waals surface area contributed by atoms with Crippen molar-refractivity contribution in [1.29, 1.82) is 0 Å². The summed E-state index contributed by atoms with van der Waals surface area (Å²) in [4.78, 5) is 4.40. The van der Waals surface area contributed by atoms with Gasteiger partial charge >= 0.3 is 0 Å². The van der Waals surface area contributed by atoms with Gasteiger partial charge in [-0.3, -0.25) is 0 Å². The van der Waals surface area contributed by atoms with Gasteiger partial charge < -0.3 is 5.32 Å². The molecule has 1 N–H and O–H groups in total. The average molecular weight is 197 g/mol. The number of anilines is 1. The highest BCUT2D eigenvalue weighted by Crippen LogP contribution is 2.29. The zero-order chi connectivity index (χ0) is 9.10. The van der Waals surface area contributed by atoms with Crippen molar-refractivity contribution in [2.75, 3.05) is 11.9 Å². The minimum Gasteiger partial charge on any atom is -0.360 e. The molecule has 2 rings (SSSR count). The van der Waals surface area contributed by atoms with Crippen molar-refractivity contribution < 1.29 is 0 Å². The van der Waals surface area contributed by atoms with Crippen LogP contribution in [0.3, 0.4) is 0 Å². The van der Waals surface area contributed by atoms with E-state index < -0.39 is 0 Å². The summed E-state index contributed by atoms with van der Waals surface area (Å²) in [6, 6.07) is 0. The molecule has 1 heterocycles. The maximum Gasteiger partial charge on any atom is 0.202 e. The molecule has 1 aliphatic carbocycles. The van der Waals surface area contributed by atoms with Crippen LogP contribution in [0.1, 0.15) is 32.0 Å². The second-order valence-electron chi connectivity index (χ2n) is 3.59. The van der Waals surface area contributed by atoms with Crippen molar-refractivity contribution in [3.8, 4) is 0 Å². The molecule has 1 aliphatic rings. The number of hydrogen-bond donors (Lipinski definition) is 1. The first-order valence-corrected chi connectivity index (χ1v) is 5.72. The Kier molecular flexibility index (Phi) is 2.78. The van der Waals surface area contributed by atoms with Gasteiger partial charge in [-0.05, 0) is 25.2 Å². The largest absolute Gasteiger partial charge is 0.360 e. The van der Waals surface area contributed by atoms with E-state index in [-0.39, 0.29) is 0 Å². The minimum atomic E-state index is 0.901. The van der Waals surface area contributed by atoms with E-state index >= 15 is 0 Å². The van der Waals surface area contributed by atoms with Crippen LogP contribution in [0.25, 0.3) is 0 Å². The summed E-state index contributed by atoms with van der Waals surface area (Å²) in [5, 5.41) is 4.33. The first-order chi connectivity index (χ1) is 6.38. The molecule has 1 aromatic heterocycles. The Labute approximate surface area is 82.8 Å². The van der Waals surface area contributed by atoms with Crippen molar-refractivity contribution in [3.63, 3.8) is 0 Å². The molecule has 0 unspecified atom stereocenters. The Hall–Kier alpha value is -0.640. The van der Waals surface area contributed by atoms with Crippen molar-refractivity contribution in [3.05, 3.63) is 5.82 Å². The Balaban J connectivity index is 1.81. The van der Waals surface area contributed by atoms with E-state index in [4.69, 9.17) is 0 Å². The second-order valence-corrected chi connectivity index (χ2v) is 4.34. The molecule has 4 heteroatoms. The molecule has 0 atom stereocenters. The van der Waals surface area contributed by atoms with Crippen molar-refractivity contribution >= 4 is 16.7 Å². The monoisotopic (exact) mass is 197 g/mol. The summed E-state index contributed by atoms with van der Waals surface area (Å²) in [6.45, 7) is 3.24. The Morgan fingerprint density at radius 3 is 3.08 bits per heavy atom. The number of rotatable bonds is 5. The molecule has 0 spiro atoms. The lowest BCUT2D eigenvalue weighted by molar-refractivity contribution is 0.853. The molecule has 0 saturated heterocycles. The molecule has 0 bridgehead atoms. The van der Waals surface area contributed by atoms with Crippen LogP contribution in [0.4, 0.5) is 5.13 Å². The van der Waals surface area contributed by atoms with Crippen LogP contribution >= 0.6 is 11.5 Å². The average Bonchev–Trinajstić information content (AvgIpc) is 2.85. The van der Waals surface area contributed by atoms with Gasteiger partial charge in [-0.1, -0.05) is 6.92 Å². The Morgan fingerprint density at radius 1 is 1.54 bits per heavy atom. The van der Waals surface area contributed by atoms with Crippen LogP contribution in [0, 0.1) is 5.92 Å². The van der Waals surface area contributed by atoms with E-state index in [2.05, 4.69) is 21.6 Å². The smallest absolute Gasteiger partial charge is 0.202 e. The highest BCUT2D eigenvalue weighted by atomic mass is 32.1. The van der Waals surface area contributed by atoms with Gasteiger partial charge in [0.05, 0.1) is 0 Å². The number of nitrogens with one attached hydrogen (secondary N) is 1. The van der Waals surface area contributed by atoms with Crippen LogP contribution in [-0.2, 0) is 6.42 Å². The molecule has 0 radical (unpaired) electrons. The van der Waals surface area contributed by atoms with Gasteiger partial charge in [0.25, 0.3) is 0 Å². The molecule has 72 valence electrons. The maximum absolute atomic E-state index is 4.40. The van der Waals surface area contributed by atoms with Gasteiger partial charge in [0.1, 0.15) is 5.82 Å². The molecule has 13 heavy (non-hydrogen) atoms. The van der Waals surface area contributed by atoms with E-state index in [1.807, 2.05) is 0 Å². The Bertz CT molecular complexity index is 268. The lowest BCUT2D eigenvalue weighted by Crippen LogP contribution is -2.02. The lowest BCUT2D eigenvalue weighted by atomic mass is 10.3. The molecule has 1 fully saturated rings. The third kappa shape index (κ3) is 2.66. The summed E-state index contributed by atoms with van der Waals surface area (Å²) in [5.41, 5.74) is 0. The van der Waals surface area contributed by atoms with Crippen molar-refractivity contribution in [2.45, 2.75) is 32.6 Å². The molecule has 0 aliphatic heterocycles. The second kappa shape index (κ2) is 4.05. The fraction of sp³-hybridized carbons (Fsp3) is 0.778. The quantitative estimate of drug-likeness (QED) is 0.787. The van der Waals surface area contributed by atoms with E-state index in [1.54, 1.807) is 0 Å². The molecule has 0 amide bonds. The zero-order valence-electron chi connectivity index (χ0n) is 7.92. The van der Waals surface area contributed by atoms with Gasteiger partial charge in [0.2, 0.25) is 5.13 Å². The van der Waals surface area contributed by atoms with E-state index in [1.165, 1.54) is 24.4 Å². The fourth-order valence-electron chi connectivity index (χ4n) is 1.20. The number of aryl methyl sites for hydroxylation is 1. The highest BCUT2D eigenvalue weighted by Gasteiger charge is 2.21. The topological polar surface area (TPSA) is 37.8 Å². The first kappa shape index (κ1) is 8.94. The SMILES string of the molecule is CCCc1nsc(NCC2CC2)n1. The predicted octanol–water partition coefficient (Wildman–Crippen LogP) is 2.31. The van der Waals surface area contributed by atoms with Gasteiger partial charge in [-0.2, -0.15) is 4.37 Å². The normalized spacial score (nSPS) is 16.1. The van der Waals surface area contributed by atoms with Crippen molar-refractivity contribution in [2.24, 2.45) is 5.92 Å². The van der Waals surface area contributed by atoms with Gasteiger partial charge in [0.15, 0.2) is 0 Å². The zero-order valence-corrected chi connectivity index (χ0v) is 8.73.